The van der Waals surface area contributed by atoms with Gasteiger partial charge < -0.3 is 24.5 Å². The van der Waals surface area contributed by atoms with Crippen LogP contribution >= 0.6 is 0 Å². The molecule has 0 radical (unpaired) electrons. The lowest BCUT2D eigenvalue weighted by atomic mass is 10.1. The van der Waals surface area contributed by atoms with Crippen LogP contribution in [0.2, 0.25) is 0 Å². The predicted molar refractivity (Wildman–Crippen MR) is 112 cm³/mol. The van der Waals surface area contributed by atoms with Crippen molar-refractivity contribution in [2.24, 2.45) is 0 Å². The highest BCUT2D eigenvalue weighted by molar-refractivity contribution is 6.03. The van der Waals surface area contributed by atoms with Gasteiger partial charge in [0.15, 0.2) is 11.5 Å². The fourth-order valence-electron chi connectivity index (χ4n) is 3.96. The van der Waals surface area contributed by atoms with E-state index in [2.05, 4.69) is 11.9 Å². The Labute approximate surface area is 169 Å². The first kappa shape index (κ1) is 20.8. The summed E-state index contributed by atoms with van der Waals surface area (Å²) in [6, 6.07) is 3.20. The standard InChI is InChI=1S/C22H28N2O5/c1-4-11-24-16-13-18(29-3)17(28-2)12-15(16)20(25)19(22(24)27)21(26)23-14-9-7-5-6-8-10-14/h4,12-14,25H,1,5-11H2,2-3H3,(H,23,26). The monoisotopic (exact) mass is 400 g/mol. The third kappa shape index (κ3) is 4.09. The minimum atomic E-state index is -0.562. The number of nitrogens with one attached hydrogen (secondary N) is 1. The average molecular weight is 400 g/mol. The zero-order chi connectivity index (χ0) is 21.0. The number of pyridine rings is 1. The van der Waals surface area contributed by atoms with Crippen LogP contribution in [0.25, 0.3) is 10.9 Å². The number of benzene rings is 1. The lowest BCUT2D eigenvalue weighted by Gasteiger charge is -2.19. The number of amides is 1. The summed E-state index contributed by atoms with van der Waals surface area (Å²) in [6.45, 7) is 3.89. The second-order valence-corrected chi connectivity index (χ2v) is 7.31. The molecule has 1 heterocycles. The van der Waals surface area contributed by atoms with E-state index in [-0.39, 0.29) is 23.9 Å². The third-order valence-electron chi connectivity index (χ3n) is 5.47. The van der Waals surface area contributed by atoms with Gasteiger partial charge in [0.25, 0.3) is 11.5 Å². The number of hydrogen-bond acceptors (Lipinski definition) is 5. The van der Waals surface area contributed by atoms with Gasteiger partial charge in [0.2, 0.25) is 0 Å². The Morgan fingerprint density at radius 2 is 1.83 bits per heavy atom. The molecule has 7 heteroatoms. The summed E-state index contributed by atoms with van der Waals surface area (Å²) in [4.78, 5) is 26.1. The van der Waals surface area contributed by atoms with Crippen molar-refractivity contribution in [3.63, 3.8) is 0 Å². The summed E-state index contributed by atoms with van der Waals surface area (Å²) in [7, 11) is 2.98. The molecule has 0 atom stereocenters. The van der Waals surface area contributed by atoms with Crippen molar-refractivity contribution in [3.8, 4) is 17.2 Å². The molecular weight excluding hydrogens is 372 g/mol. The molecule has 3 rings (SSSR count). The number of ether oxygens (including phenoxy) is 2. The van der Waals surface area contributed by atoms with Gasteiger partial charge in [-0.2, -0.15) is 0 Å². The van der Waals surface area contributed by atoms with Crippen molar-refractivity contribution in [1.82, 2.24) is 9.88 Å². The van der Waals surface area contributed by atoms with E-state index in [9.17, 15) is 14.7 Å². The molecule has 156 valence electrons. The maximum Gasteiger partial charge on any atom is 0.268 e. The summed E-state index contributed by atoms with van der Waals surface area (Å²) in [6.07, 6.45) is 7.74. The molecule has 2 N–H and O–H groups in total. The minimum Gasteiger partial charge on any atom is -0.506 e. The van der Waals surface area contributed by atoms with E-state index in [1.54, 1.807) is 18.2 Å². The molecule has 2 aromatic rings. The first-order valence-electron chi connectivity index (χ1n) is 9.95. The fourth-order valence-corrected chi connectivity index (χ4v) is 3.96. The van der Waals surface area contributed by atoms with Crippen LogP contribution in [0, 0.1) is 0 Å². The van der Waals surface area contributed by atoms with Crippen LogP contribution in [-0.4, -0.2) is 35.8 Å². The maximum absolute atomic E-state index is 13.1. The normalized spacial score (nSPS) is 15.0. The van der Waals surface area contributed by atoms with Crippen LogP contribution in [-0.2, 0) is 6.54 Å². The zero-order valence-electron chi connectivity index (χ0n) is 17.0. The fraction of sp³-hybridized carbons (Fsp3) is 0.455. The number of rotatable bonds is 6. The molecule has 0 saturated heterocycles. The van der Waals surface area contributed by atoms with Gasteiger partial charge in [0.05, 0.1) is 19.7 Å². The largest absolute Gasteiger partial charge is 0.506 e. The van der Waals surface area contributed by atoms with Crippen LogP contribution in [0.15, 0.2) is 29.6 Å². The second-order valence-electron chi connectivity index (χ2n) is 7.31. The van der Waals surface area contributed by atoms with Gasteiger partial charge in [-0.05, 0) is 18.9 Å². The lowest BCUT2D eigenvalue weighted by molar-refractivity contribution is 0.0929. The molecule has 0 bridgehead atoms. The Bertz CT molecular complexity index is 972. The maximum atomic E-state index is 13.1. The van der Waals surface area contributed by atoms with E-state index in [0.717, 1.165) is 38.5 Å². The van der Waals surface area contributed by atoms with Gasteiger partial charge in [0, 0.05) is 24.0 Å². The van der Waals surface area contributed by atoms with Crippen molar-refractivity contribution in [2.45, 2.75) is 51.1 Å². The lowest BCUT2D eigenvalue weighted by Crippen LogP contribution is -2.39. The first-order valence-corrected chi connectivity index (χ1v) is 9.95. The molecule has 0 aliphatic heterocycles. The van der Waals surface area contributed by atoms with Crippen LogP contribution in [0.4, 0.5) is 0 Å². The Morgan fingerprint density at radius 1 is 1.21 bits per heavy atom. The number of hydrogen-bond donors (Lipinski definition) is 2. The van der Waals surface area contributed by atoms with Gasteiger partial charge >= 0.3 is 0 Å². The van der Waals surface area contributed by atoms with Gasteiger partial charge in [-0.15, -0.1) is 6.58 Å². The number of nitrogens with zero attached hydrogens (tertiary/aromatic N) is 1. The van der Waals surface area contributed by atoms with Crippen LogP contribution in [0.5, 0.6) is 17.2 Å². The Balaban J connectivity index is 2.14. The van der Waals surface area contributed by atoms with Crippen LogP contribution in [0.3, 0.4) is 0 Å². The summed E-state index contributed by atoms with van der Waals surface area (Å²) in [5.74, 6) is -0.0761. The topological polar surface area (TPSA) is 89.8 Å². The molecule has 1 aromatic carbocycles. The van der Waals surface area contributed by atoms with E-state index >= 15 is 0 Å². The van der Waals surface area contributed by atoms with Crippen molar-refractivity contribution < 1.29 is 19.4 Å². The summed E-state index contributed by atoms with van der Waals surface area (Å²) >= 11 is 0. The molecular formula is C22H28N2O5. The quantitative estimate of drug-likeness (QED) is 0.573. The molecule has 7 nitrogen and oxygen atoms in total. The van der Waals surface area contributed by atoms with Gasteiger partial charge in [-0.25, -0.2) is 0 Å². The van der Waals surface area contributed by atoms with Crippen molar-refractivity contribution >= 4 is 16.8 Å². The molecule has 1 aliphatic carbocycles. The first-order chi connectivity index (χ1) is 14.0. The highest BCUT2D eigenvalue weighted by atomic mass is 16.5. The summed E-state index contributed by atoms with van der Waals surface area (Å²) < 4.78 is 12.0. The average Bonchev–Trinajstić information content (AvgIpc) is 2.98. The molecule has 1 aromatic heterocycles. The van der Waals surface area contributed by atoms with Crippen LogP contribution in [0.1, 0.15) is 48.9 Å². The predicted octanol–water partition coefficient (Wildman–Crippen LogP) is 3.36. The molecule has 0 unspecified atom stereocenters. The van der Waals surface area contributed by atoms with Crippen molar-refractivity contribution in [3.05, 3.63) is 40.7 Å². The number of carbonyl (C=O) groups is 1. The molecule has 1 aliphatic rings. The minimum absolute atomic E-state index is 0.0118. The van der Waals surface area contributed by atoms with E-state index in [4.69, 9.17) is 9.47 Å². The number of methoxy groups -OCH3 is 2. The van der Waals surface area contributed by atoms with E-state index in [0.29, 0.717) is 22.4 Å². The van der Waals surface area contributed by atoms with Crippen molar-refractivity contribution in [1.29, 1.82) is 0 Å². The van der Waals surface area contributed by atoms with Gasteiger partial charge in [-0.1, -0.05) is 31.8 Å². The smallest absolute Gasteiger partial charge is 0.268 e. The van der Waals surface area contributed by atoms with Crippen LogP contribution < -0.4 is 20.3 Å². The number of aromatic nitrogens is 1. The highest BCUT2D eigenvalue weighted by Crippen LogP contribution is 2.36. The van der Waals surface area contributed by atoms with Crippen molar-refractivity contribution in [2.75, 3.05) is 14.2 Å². The number of aromatic hydroxyl groups is 1. The number of allylic oxidation sites excluding steroid dienone is 1. The zero-order valence-corrected chi connectivity index (χ0v) is 17.0. The Morgan fingerprint density at radius 3 is 2.41 bits per heavy atom. The van der Waals surface area contributed by atoms with Gasteiger partial charge in [-0.3, -0.25) is 9.59 Å². The number of fused-ring (bicyclic) bond motifs is 1. The number of carbonyl (C=O) groups excluding carboxylic acids is 1. The van der Waals surface area contributed by atoms with Gasteiger partial charge in [0.1, 0.15) is 11.3 Å². The Hall–Kier alpha value is -2.96. The highest BCUT2D eigenvalue weighted by Gasteiger charge is 2.25. The molecule has 1 fully saturated rings. The summed E-state index contributed by atoms with van der Waals surface area (Å²) in [5, 5.41) is 14.2. The Kier molecular flexibility index (Phi) is 6.46. The third-order valence-corrected chi connectivity index (χ3v) is 5.47. The van der Waals surface area contributed by atoms with E-state index in [1.165, 1.54) is 18.8 Å². The van der Waals surface area contributed by atoms with E-state index < -0.39 is 11.5 Å². The molecule has 1 saturated carbocycles. The summed E-state index contributed by atoms with van der Waals surface area (Å²) in [5.41, 5.74) is -0.375. The molecule has 0 spiro atoms. The second kappa shape index (κ2) is 9.03. The molecule has 29 heavy (non-hydrogen) atoms. The molecule has 1 amide bonds. The van der Waals surface area contributed by atoms with E-state index in [1.807, 2.05) is 0 Å². The SMILES string of the molecule is C=CCn1c(=O)c(C(=O)NC2CCCCCC2)c(O)c2cc(OC)c(OC)cc21.